The second-order valence-electron chi connectivity index (χ2n) is 7.26. The Kier molecular flexibility index (Phi) is 5.89. The highest BCUT2D eigenvalue weighted by atomic mass is 16.5. The summed E-state index contributed by atoms with van der Waals surface area (Å²) in [6.07, 6.45) is 3.28. The topological polar surface area (TPSA) is 89.0 Å². The molecule has 1 atom stereocenters. The minimum atomic E-state index is -0.826. The number of benzene rings is 2. The van der Waals surface area contributed by atoms with E-state index in [9.17, 15) is 14.7 Å². The first-order valence-electron chi connectivity index (χ1n) is 9.99. The van der Waals surface area contributed by atoms with Crippen LogP contribution in [-0.4, -0.2) is 40.9 Å². The Morgan fingerprint density at radius 2 is 1.75 bits per heavy atom. The van der Waals surface area contributed by atoms with Crippen LogP contribution in [0.15, 0.2) is 78.6 Å². The van der Waals surface area contributed by atoms with Crippen molar-refractivity contribution in [1.82, 2.24) is 9.88 Å². The summed E-state index contributed by atoms with van der Waals surface area (Å²) in [6.45, 7) is 0.153. The van der Waals surface area contributed by atoms with Crippen molar-refractivity contribution in [2.45, 2.75) is 12.6 Å². The van der Waals surface area contributed by atoms with Gasteiger partial charge in [-0.1, -0.05) is 24.3 Å². The second-order valence-corrected chi connectivity index (χ2v) is 7.26. The van der Waals surface area contributed by atoms with Gasteiger partial charge in [0.25, 0.3) is 11.7 Å². The number of likely N-dealkylation sites (tertiary alicyclic amines) is 1. The van der Waals surface area contributed by atoms with Crippen LogP contribution >= 0.6 is 0 Å². The number of pyridine rings is 1. The molecule has 1 unspecified atom stereocenters. The molecule has 1 saturated heterocycles. The van der Waals surface area contributed by atoms with Gasteiger partial charge in [-0.2, -0.15) is 0 Å². The molecule has 0 spiro atoms. The lowest BCUT2D eigenvalue weighted by Gasteiger charge is -2.26. The van der Waals surface area contributed by atoms with Gasteiger partial charge in [0.2, 0.25) is 0 Å². The number of aromatic nitrogens is 1. The summed E-state index contributed by atoms with van der Waals surface area (Å²) in [5.41, 5.74) is 1.78. The summed E-state index contributed by atoms with van der Waals surface area (Å²) in [4.78, 5) is 31.8. The number of nitrogens with zero attached hydrogens (tertiary/aromatic N) is 2. The Bertz CT molecular complexity index is 1170. The number of hydrogen-bond acceptors (Lipinski definition) is 6. The first-order chi connectivity index (χ1) is 15.5. The standard InChI is InChI=1S/C25H22N2O5/c1-31-18-11-9-17(10-12-18)23(28)21-22(19-7-3-4-8-20(19)32-2)27(25(30)24(21)29)15-16-6-5-13-26-14-16/h3-14,22,28H,15H2,1-2H3/b23-21-. The van der Waals surface area contributed by atoms with Crippen molar-refractivity contribution in [2.24, 2.45) is 0 Å². The van der Waals surface area contributed by atoms with Crippen molar-refractivity contribution >= 4 is 17.4 Å². The number of Topliss-reactive ketones (excluding diaryl/α,β-unsaturated/α-hetero) is 1. The lowest BCUT2D eigenvalue weighted by molar-refractivity contribution is -0.140. The van der Waals surface area contributed by atoms with Crippen LogP contribution in [0, 0.1) is 0 Å². The number of ether oxygens (including phenoxy) is 2. The summed E-state index contributed by atoms with van der Waals surface area (Å²) in [5.74, 6) is -0.579. The fourth-order valence-electron chi connectivity index (χ4n) is 3.85. The van der Waals surface area contributed by atoms with Gasteiger partial charge in [-0.3, -0.25) is 14.6 Å². The third kappa shape index (κ3) is 3.80. The number of methoxy groups -OCH3 is 2. The highest BCUT2D eigenvalue weighted by Gasteiger charge is 2.47. The Morgan fingerprint density at radius 1 is 1.00 bits per heavy atom. The Hall–Kier alpha value is -4.13. The van der Waals surface area contributed by atoms with Gasteiger partial charge in [0.1, 0.15) is 17.3 Å². The number of hydrogen-bond donors (Lipinski definition) is 1. The van der Waals surface area contributed by atoms with Gasteiger partial charge in [0.05, 0.1) is 25.8 Å². The molecule has 32 heavy (non-hydrogen) atoms. The minimum absolute atomic E-state index is 0.00792. The smallest absolute Gasteiger partial charge is 0.295 e. The van der Waals surface area contributed by atoms with Crippen LogP contribution in [0.4, 0.5) is 0 Å². The third-order valence-electron chi connectivity index (χ3n) is 5.41. The van der Waals surface area contributed by atoms with Crippen LogP contribution in [0.25, 0.3) is 5.76 Å². The summed E-state index contributed by atoms with van der Waals surface area (Å²) in [5, 5.41) is 11.1. The number of carbonyl (C=O) groups excluding carboxylic acids is 2. The number of carbonyl (C=O) groups is 2. The van der Waals surface area contributed by atoms with Crippen LogP contribution in [0.2, 0.25) is 0 Å². The maximum absolute atomic E-state index is 13.1. The summed E-state index contributed by atoms with van der Waals surface area (Å²) < 4.78 is 10.7. The van der Waals surface area contributed by atoms with Gasteiger partial charge in [-0.15, -0.1) is 0 Å². The van der Waals surface area contributed by atoms with Crippen LogP contribution in [0.3, 0.4) is 0 Å². The van der Waals surface area contributed by atoms with E-state index in [1.807, 2.05) is 6.07 Å². The lowest BCUT2D eigenvalue weighted by atomic mass is 9.94. The zero-order valence-electron chi connectivity index (χ0n) is 17.7. The number of aliphatic hydroxyl groups is 1. The predicted octanol–water partition coefficient (Wildman–Crippen LogP) is 3.72. The van der Waals surface area contributed by atoms with Gasteiger partial charge in [-0.05, 0) is 42.0 Å². The zero-order chi connectivity index (χ0) is 22.7. The first-order valence-corrected chi connectivity index (χ1v) is 9.99. The molecule has 0 bridgehead atoms. The molecule has 0 saturated carbocycles. The monoisotopic (exact) mass is 430 g/mol. The number of amides is 1. The van der Waals surface area contributed by atoms with E-state index in [2.05, 4.69) is 4.98 Å². The molecule has 1 aliphatic heterocycles. The number of rotatable bonds is 6. The van der Waals surface area contributed by atoms with Crippen molar-refractivity contribution < 1.29 is 24.2 Å². The highest BCUT2D eigenvalue weighted by molar-refractivity contribution is 6.46. The van der Waals surface area contributed by atoms with Gasteiger partial charge in [0.15, 0.2) is 0 Å². The second kappa shape index (κ2) is 8.93. The summed E-state index contributed by atoms with van der Waals surface area (Å²) >= 11 is 0. The van der Waals surface area contributed by atoms with Gasteiger partial charge < -0.3 is 19.5 Å². The molecule has 2 heterocycles. The fraction of sp³-hybridized carbons (Fsp3) is 0.160. The minimum Gasteiger partial charge on any atom is -0.507 e. The molecular formula is C25H22N2O5. The fourth-order valence-corrected chi connectivity index (χ4v) is 3.85. The first kappa shape index (κ1) is 21.1. The van der Waals surface area contributed by atoms with Gasteiger partial charge in [0, 0.05) is 30.1 Å². The quantitative estimate of drug-likeness (QED) is 0.364. The Labute approximate surface area is 185 Å². The van der Waals surface area contributed by atoms with Gasteiger partial charge in [-0.25, -0.2) is 0 Å². The van der Waals surface area contributed by atoms with Crippen molar-refractivity contribution in [1.29, 1.82) is 0 Å². The molecule has 2 aromatic carbocycles. The Balaban J connectivity index is 1.88. The molecule has 7 heteroatoms. The third-order valence-corrected chi connectivity index (χ3v) is 5.41. The number of ketones is 1. The van der Waals surface area contributed by atoms with Crippen LogP contribution in [0.1, 0.15) is 22.7 Å². The van der Waals surface area contributed by atoms with E-state index in [1.54, 1.807) is 74.1 Å². The molecule has 0 aliphatic carbocycles. The zero-order valence-corrected chi connectivity index (χ0v) is 17.7. The van der Waals surface area contributed by atoms with E-state index < -0.39 is 17.7 Å². The predicted molar refractivity (Wildman–Crippen MR) is 118 cm³/mol. The molecule has 162 valence electrons. The van der Waals surface area contributed by atoms with E-state index in [4.69, 9.17) is 9.47 Å². The molecule has 3 aromatic rings. The maximum atomic E-state index is 13.1. The van der Waals surface area contributed by atoms with Crippen molar-refractivity contribution in [3.8, 4) is 11.5 Å². The van der Waals surface area contributed by atoms with E-state index in [0.717, 1.165) is 5.56 Å². The molecule has 1 aliphatic rings. The SMILES string of the molecule is COc1ccc(/C(O)=C2/C(=O)C(=O)N(Cc3cccnc3)C2c2ccccc2OC)cc1. The molecule has 4 rings (SSSR count). The molecule has 7 nitrogen and oxygen atoms in total. The number of aliphatic hydroxyl groups excluding tert-OH is 1. The van der Waals surface area contributed by atoms with E-state index in [-0.39, 0.29) is 17.9 Å². The van der Waals surface area contributed by atoms with E-state index in [1.165, 1.54) is 12.0 Å². The number of para-hydroxylation sites is 1. The average Bonchev–Trinajstić information content (AvgIpc) is 3.09. The molecular weight excluding hydrogens is 408 g/mol. The lowest BCUT2D eigenvalue weighted by Crippen LogP contribution is -2.29. The maximum Gasteiger partial charge on any atom is 0.295 e. The summed E-state index contributed by atoms with van der Waals surface area (Å²) in [7, 11) is 3.07. The highest BCUT2D eigenvalue weighted by Crippen LogP contribution is 2.43. The molecule has 1 fully saturated rings. The van der Waals surface area contributed by atoms with Crippen LogP contribution < -0.4 is 9.47 Å². The van der Waals surface area contributed by atoms with E-state index in [0.29, 0.717) is 22.6 Å². The van der Waals surface area contributed by atoms with Crippen LogP contribution in [0.5, 0.6) is 11.5 Å². The molecule has 1 N–H and O–H groups in total. The van der Waals surface area contributed by atoms with Crippen molar-refractivity contribution in [3.63, 3.8) is 0 Å². The molecule has 0 radical (unpaired) electrons. The Morgan fingerprint density at radius 3 is 2.41 bits per heavy atom. The average molecular weight is 430 g/mol. The molecule has 1 aromatic heterocycles. The van der Waals surface area contributed by atoms with Crippen molar-refractivity contribution in [2.75, 3.05) is 14.2 Å². The normalized spacial score (nSPS) is 17.4. The van der Waals surface area contributed by atoms with Gasteiger partial charge >= 0.3 is 0 Å². The van der Waals surface area contributed by atoms with Crippen LogP contribution in [-0.2, 0) is 16.1 Å². The summed E-state index contributed by atoms with van der Waals surface area (Å²) in [6, 6.07) is 16.6. The largest absolute Gasteiger partial charge is 0.507 e. The molecule has 1 amide bonds. The van der Waals surface area contributed by atoms with Crippen molar-refractivity contribution in [3.05, 3.63) is 95.3 Å². The van der Waals surface area contributed by atoms with E-state index >= 15 is 0 Å².